The number of rotatable bonds is 5. The van der Waals surface area contributed by atoms with Crippen molar-refractivity contribution >= 4 is 5.97 Å². The maximum Gasteiger partial charge on any atom is 0.308 e. The third kappa shape index (κ3) is 3.45. The van der Waals surface area contributed by atoms with Crippen LogP contribution < -0.4 is 0 Å². The minimum Gasteiger partial charge on any atom is -0.508 e. The van der Waals surface area contributed by atoms with Crippen molar-refractivity contribution < 1.29 is 24.9 Å². The maximum absolute atomic E-state index is 11.2. The summed E-state index contributed by atoms with van der Waals surface area (Å²) in [4.78, 5) is 11.2. The van der Waals surface area contributed by atoms with Crippen LogP contribution in [0.4, 0.5) is 0 Å². The van der Waals surface area contributed by atoms with Crippen LogP contribution in [-0.4, -0.2) is 34.0 Å². The first-order valence-corrected chi connectivity index (χ1v) is 5.77. The molecule has 2 atom stereocenters. The number of benzene rings is 1. The number of carbonyl (C=O) groups is 1. The number of aliphatic hydroxyl groups excluding tert-OH is 2. The number of hydrogen-bond acceptors (Lipinski definition) is 5. The Morgan fingerprint density at radius 1 is 1.39 bits per heavy atom. The number of phenols is 1. The average Bonchev–Trinajstić information content (AvgIpc) is 2.28. The number of phenolic OH excluding ortho intramolecular Hbond substituents is 1. The van der Waals surface area contributed by atoms with Gasteiger partial charge in [0.25, 0.3) is 0 Å². The fourth-order valence-electron chi connectivity index (χ4n) is 1.74. The van der Waals surface area contributed by atoms with Crippen molar-refractivity contribution in [2.24, 2.45) is 0 Å². The monoisotopic (exact) mass is 254 g/mol. The largest absolute Gasteiger partial charge is 0.508 e. The molecule has 0 aliphatic heterocycles. The number of carbonyl (C=O) groups excluding carboxylic acids is 1. The molecule has 5 heteroatoms. The van der Waals surface area contributed by atoms with E-state index in [4.69, 9.17) is 0 Å². The Hall–Kier alpha value is -1.59. The van der Waals surface area contributed by atoms with E-state index in [-0.39, 0.29) is 24.3 Å². The van der Waals surface area contributed by atoms with Crippen LogP contribution >= 0.6 is 0 Å². The van der Waals surface area contributed by atoms with Crippen molar-refractivity contribution in [3.63, 3.8) is 0 Å². The lowest BCUT2D eigenvalue weighted by atomic mass is 9.97. The van der Waals surface area contributed by atoms with Crippen molar-refractivity contribution in [3.05, 3.63) is 29.3 Å². The minimum absolute atomic E-state index is 0.106. The smallest absolute Gasteiger partial charge is 0.308 e. The number of aliphatic hydroxyl groups is 2. The van der Waals surface area contributed by atoms with Gasteiger partial charge in [-0.2, -0.15) is 0 Å². The summed E-state index contributed by atoms with van der Waals surface area (Å²) in [5.74, 6) is -0.692. The van der Waals surface area contributed by atoms with Crippen LogP contribution in [0.5, 0.6) is 5.75 Å². The molecule has 1 aromatic carbocycles. The summed E-state index contributed by atoms with van der Waals surface area (Å²) < 4.78 is 4.69. The van der Waals surface area contributed by atoms with E-state index >= 15 is 0 Å². The van der Waals surface area contributed by atoms with E-state index < -0.39 is 18.2 Å². The van der Waals surface area contributed by atoms with Gasteiger partial charge in [0.2, 0.25) is 0 Å². The normalized spacial score (nSPS) is 14.0. The molecule has 5 nitrogen and oxygen atoms in total. The zero-order chi connectivity index (χ0) is 13.7. The van der Waals surface area contributed by atoms with Crippen LogP contribution in [0.3, 0.4) is 0 Å². The zero-order valence-electron chi connectivity index (χ0n) is 10.5. The van der Waals surface area contributed by atoms with Gasteiger partial charge in [-0.1, -0.05) is 12.1 Å². The summed E-state index contributed by atoms with van der Waals surface area (Å²) in [6.07, 6.45) is -2.95. The predicted octanol–water partition coefficient (Wildman–Crippen LogP) is 1.05. The molecule has 2 unspecified atom stereocenters. The molecular formula is C13H18O5. The number of esters is 1. The molecule has 1 rings (SSSR count). The first-order chi connectivity index (χ1) is 8.47. The lowest BCUT2D eigenvalue weighted by Gasteiger charge is -2.20. The van der Waals surface area contributed by atoms with Gasteiger partial charge >= 0.3 is 5.97 Å². The quantitative estimate of drug-likeness (QED) is 0.684. The van der Waals surface area contributed by atoms with E-state index in [9.17, 15) is 20.1 Å². The summed E-state index contributed by atoms with van der Waals surface area (Å²) in [6, 6.07) is 4.76. The molecule has 0 spiro atoms. The van der Waals surface area contributed by atoms with Gasteiger partial charge in [0.15, 0.2) is 0 Å². The van der Waals surface area contributed by atoms with Crippen LogP contribution in [0.2, 0.25) is 0 Å². The van der Waals surface area contributed by atoms with E-state index in [0.717, 1.165) is 0 Å². The Balaban J connectivity index is 2.80. The van der Waals surface area contributed by atoms with E-state index in [2.05, 4.69) is 4.74 Å². The van der Waals surface area contributed by atoms with Crippen molar-refractivity contribution in [3.8, 4) is 5.75 Å². The molecule has 0 saturated carbocycles. The van der Waals surface area contributed by atoms with E-state index in [1.54, 1.807) is 26.0 Å². The summed E-state index contributed by atoms with van der Waals surface area (Å²) in [5, 5.41) is 29.4. The molecule has 18 heavy (non-hydrogen) atoms. The van der Waals surface area contributed by atoms with Gasteiger partial charge < -0.3 is 20.1 Å². The molecule has 0 amide bonds. The molecule has 0 bridgehead atoms. The van der Waals surface area contributed by atoms with Gasteiger partial charge in [-0.25, -0.2) is 0 Å². The highest BCUT2D eigenvalue weighted by Crippen LogP contribution is 2.30. The average molecular weight is 254 g/mol. The lowest BCUT2D eigenvalue weighted by Crippen LogP contribution is -2.23. The molecule has 3 N–H and O–H groups in total. The van der Waals surface area contributed by atoms with Crippen molar-refractivity contribution in [2.45, 2.75) is 32.5 Å². The van der Waals surface area contributed by atoms with Gasteiger partial charge in [0.05, 0.1) is 19.1 Å². The highest BCUT2D eigenvalue weighted by atomic mass is 16.5. The summed E-state index contributed by atoms with van der Waals surface area (Å²) in [6.45, 7) is 3.58. The second-order valence-corrected chi connectivity index (χ2v) is 4.03. The Morgan fingerprint density at radius 2 is 2.06 bits per heavy atom. The first kappa shape index (κ1) is 14.5. The third-order valence-electron chi connectivity index (χ3n) is 2.64. The standard InChI is InChI=1S/C13H18O5/c1-3-18-11(16)7-10(15)13(17)12-8(2)5-4-6-9(12)14/h4-6,10,13-15,17H,3,7H2,1-2H3. The molecule has 100 valence electrons. The predicted molar refractivity (Wildman–Crippen MR) is 65.1 cm³/mol. The molecule has 0 radical (unpaired) electrons. The third-order valence-corrected chi connectivity index (χ3v) is 2.64. The van der Waals surface area contributed by atoms with Crippen molar-refractivity contribution in [1.29, 1.82) is 0 Å². The molecular weight excluding hydrogens is 236 g/mol. The fourth-order valence-corrected chi connectivity index (χ4v) is 1.74. The minimum atomic E-state index is -1.32. The molecule has 0 aliphatic rings. The molecule has 0 saturated heterocycles. The number of hydrogen-bond donors (Lipinski definition) is 3. The number of ether oxygens (including phenoxy) is 1. The summed E-state index contributed by atoms with van der Waals surface area (Å²) in [7, 11) is 0. The highest BCUT2D eigenvalue weighted by molar-refractivity contribution is 5.70. The Bertz CT molecular complexity index is 396. The lowest BCUT2D eigenvalue weighted by molar-refractivity contribution is -0.147. The summed E-state index contributed by atoms with van der Waals surface area (Å²) in [5.41, 5.74) is 0.875. The van der Waals surface area contributed by atoms with Gasteiger partial charge in [0.1, 0.15) is 11.9 Å². The van der Waals surface area contributed by atoms with Gasteiger partial charge in [0, 0.05) is 5.56 Å². The molecule has 0 fully saturated rings. The van der Waals surface area contributed by atoms with Crippen LogP contribution in [-0.2, 0) is 9.53 Å². The SMILES string of the molecule is CCOC(=O)CC(O)C(O)c1c(C)cccc1O. The molecule has 0 aliphatic carbocycles. The van der Waals surface area contributed by atoms with Crippen LogP contribution in [0, 0.1) is 6.92 Å². The first-order valence-electron chi connectivity index (χ1n) is 5.77. The zero-order valence-corrected chi connectivity index (χ0v) is 10.5. The topological polar surface area (TPSA) is 87.0 Å². The molecule has 0 aromatic heterocycles. The summed E-state index contributed by atoms with van der Waals surface area (Å²) >= 11 is 0. The Kier molecular flexibility index (Phi) is 5.12. The van der Waals surface area contributed by atoms with E-state index in [1.165, 1.54) is 6.07 Å². The van der Waals surface area contributed by atoms with Crippen molar-refractivity contribution in [2.75, 3.05) is 6.61 Å². The number of aromatic hydroxyl groups is 1. The number of aryl methyl sites for hydroxylation is 1. The Morgan fingerprint density at radius 3 is 2.61 bits per heavy atom. The fraction of sp³-hybridized carbons (Fsp3) is 0.462. The van der Waals surface area contributed by atoms with Crippen LogP contribution in [0.15, 0.2) is 18.2 Å². The molecule has 1 aromatic rings. The molecule has 0 heterocycles. The second kappa shape index (κ2) is 6.37. The van der Waals surface area contributed by atoms with Crippen LogP contribution in [0.1, 0.15) is 30.6 Å². The van der Waals surface area contributed by atoms with E-state index in [0.29, 0.717) is 5.56 Å². The van der Waals surface area contributed by atoms with E-state index in [1.807, 2.05) is 0 Å². The van der Waals surface area contributed by atoms with Gasteiger partial charge in [-0.15, -0.1) is 0 Å². The van der Waals surface area contributed by atoms with Crippen LogP contribution in [0.25, 0.3) is 0 Å². The van der Waals surface area contributed by atoms with Gasteiger partial charge in [-0.05, 0) is 25.5 Å². The maximum atomic E-state index is 11.2. The second-order valence-electron chi connectivity index (χ2n) is 4.03. The highest BCUT2D eigenvalue weighted by Gasteiger charge is 2.25. The van der Waals surface area contributed by atoms with Crippen molar-refractivity contribution in [1.82, 2.24) is 0 Å². The Labute approximate surface area is 106 Å². The van der Waals surface area contributed by atoms with Gasteiger partial charge in [-0.3, -0.25) is 4.79 Å².